The number of rotatable bonds is 5. The van der Waals surface area contributed by atoms with Crippen LogP contribution in [-0.4, -0.2) is 23.2 Å². The number of benzene rings is 3. The summed E-state index contributed by atoms with van der Waals surface area (Å²) in [6.07, 6.45) is 1.51. The zero-order valence-corrected chi connectivity index (χ0v) is 15.5. The molecule has 0 fully saturated rings. The van der Waals surface area contributed by atoms with Crippen LogP contribution in [0.4, 0.5) is 5.95 Å². The quantitative estimate of drug-likeness (QED) is 0.576. The van der Waals surface area contributed by atoms with Gasteiger partial charge in [0.15, 0.2) is 0 Å². The van der Waals surface area contributed by atoms with Crippen LogP contribution < -0.4 is 4.72 Å². The van der Waals surface area contributed by atoms with Gasteiger partial charge in [0.25, 0.3) is 16.0 Å². The zero-order valence-electron chi connectivity index (χ0n) is 14.7. The van der Waals surface area contributed by atoms with Crippen LogP contribution in [0.25, 0.3) is 10.8 Å². The number of nitrogens with zero attached hydrogens (tertiary/aromatic N) is 3. The lowest BCUT2D eigenvalue weighted by Gasteiger charge is -2.06. The van der Waals surface area contributed by atoms with Crippen molar-refractivity contribution in [3.8, 4) is 0 Å². The molecule has 7 heteroatoms. The van der Waals surface area contributed by atoms with Gasteiger partial charge in [0.05, 0.1) is 11.4 Å². The van der Waals surface area contributed by atoms with Gasteiger partial charge in [-0.3, -0.25) is 0 Å². The Morgan fingerprint density at radius 2 is 1.78 bits per heavy atom. The zero-order chi connectivity index (χ0) is 18.9. The third-order valence-electron chi connectivity index (χ3n) is 4.22. The maximum atomic E-state index is 12.7. The van der Waals surface area contributed by atoms with Crippen LogP contribution >= 0.6 is 0 Å². The molecule has 6 nitrogen and oxygen atoms in total. The normalized spacial score (nSPS) is 11.6. The molecule has 0 amide bonds. The maximum Gasteiger partial charge on any atom is 0.264 e. The van der Waals surface area contributed by atoms with E-state index in [0.717, 1.165) is 21.9 Å². The Labute approximate surface area is 157 Å². The molecule has 136 valence electrons. The van der Waals surface area contributed by atoms with Crippen LogP contribution in [0.3, 0.4) is 0 Å². The van der Waals surface area contributed by atoms with E-state index in [0.29, 0.717) is 6.54 Å². The van der Waals surface area contributed by atoms with E-state index in [2.05, 4.69) is 20.9 Å². The molecule has 0 saturated heterocycles. The molecule has 0 unspecified atom stereocenters. The largest absolute Gasteiger partial charge is 0.264 e. The first-order chi connectivity index (χ1) is 13.0. The molecular weight excluding hydrogens is 360 g/mol. The first-order valence-electron chi connectivity index (χ1n) is 8.46. The molecule has 27 heavy (non-hydrogen) atoms. The van der Waals surface area contributed by atoms with Crippen LogP contribution in [0, 0.1) is 6.92 Å². The molecule has 0 radical (unpaired) electrons. The molecule has 0 bridgehead atoms. The van der Waals surface area contributed by atoms with E-state index in [1.54, 1.807) is 22.9 Å². The fourth-order valence-corrected chi connectivity index (χ4v) is 3.91. The molecule has 1 heterocycles. The Bertz CT molecular complexity index is 1220. The van der Waals surface area contributed by atoms with E-state index in [1.165, 1.54) is 6.33 Å². The predicted octanol–water partition coefficient (Wildman–Crippen LogP) is 3.59. The van der Waals surface area contributed by atoms with E-state index >= 15 is 0 Å². The molecule has 0 aliphatic rings. The Balaban J connectivity index is 1.55. The van der Waals surface area contributed by atoms with Gasteiger partial charge in [-0.05, 0) is 35.4 Å². The first kappa shape index (κ1) is 17.2. The Morgan fingerprint density at radius 1 is 0.963 bits per heavy atom. The second-order valence-electron chi connectivity index (χ2n) is 6.37. The molecule has 4 rings (SSSR count). The van der Waals surface area contributed by atoms with Gasteiger partial charge in [0.1, 0.15) is 6.33 Å². The number of hydrogen-bond donors (Lipinski definition) is 1. The summed E-state index contributed by atoms with van der Waals surface area (Å²) in [5, 5.41) is 6.07. The molecule has 0 atom stereocenters. The minimum absolute atomic E-state index is 0.0517. The lowest BCUT2D eigenvalue weighted by molar-refractivity contribution is 0.600. The Kier molecular flexibility index (Phi) is 4.37. The van der Waals surface area contributed by atoms with Crippen LogP contribution in [0.15, 0.2) is 78.0 Å². The monoisotopic (exact) mass is 378 g/mol. The summed E-state index contributed by atoms with van der Waals surface area (Å²) in [4.78, 5) is 4.25. The summed E-state index contributed by atoms with van der Waals surface area (Å²) in [6, 6.07) is 20.7. The van der Waals surface area contributed by atoms with Gasteiger partial charge < -0.3 is 0 Å². The first-order valence-corrected chi connectivity index (χ1v) is 9.94. The van der Waals surface area contributed by atoms with Gasteiger partial charge in [0, 0.05) is 0 Å². The minimum Gasteiger partial charge on any atom is -0.246 e. The highest BCUT2D eigenvalue weighted by atomic mass is 32.2. The van der Waals surface area contributed by atoms with E-state index in [-0.39, 0.29) is 10.8 Å². The molecule has 1 N–H and O–H groups in total. The number of sulfonamides is 1. The highest BCUT2D eigenvalue weighted by Gasteiger charge is 2.17. The fourth-order valence-electron chi connectivity index (χ4n) is 2.93. The summed E-state index contributed by atoms with van der Waals surface area (Å²) < 4.78 is 29.4. The topological polar surface area (TPSA) is 76.9 Å². The summed E-state index contributed by atoms with van der Waals surface area (Å²) in [5.74, 6) is 0.0517. The fraction of sp³-hybridized carbons (Fsp3) is 0.100. The minimum atomic E-state index is -3.76. The molecule has 0 aliphatic heterocycles. The summed E-state index contributed by atoms with van der Waals surface area (Å²) >= 11 is 0. The predicted molar refractivity (Wildman–Crippen MR) is 105 cm³/mol. The Morgan fingerprint density at radius 3 is 2.59 bits per heavy atom. The molecule has 0 aliphatic carbocycles. The van der Waals surface area contributed by atoms with Crippen molar-refractivity contribution >= 4 is 26.7 Å². The van der Waals surface area contributed by atoms with Crippen molar-refractivity contribution in [2.45, 2.75) is 18.4 Å². The highest BCUT2D eigenvalue weighted by Crippen LogP contribution is 2.20. The standard InChI is InChI=1S/C20H18N4O2S/c1-15-5-4-6-16(11-15)13-24-14-21-20(22-24)23-27(25,26)19-10-9-17-7-2-3-8-18(17)12-19/h2-12,14H,13H2,1H3,(H,22,23). The van der Waals surface area contributed by atoms with Gasteiger partial charge in [0.2, 0.25) is 0 Å². The van der Waals surface area contributed by atoms with Crippen molar-refractivity contribution in [1.29, 1.82) is 0 Å². The lowest BCUT2D eigenvalue weighted by atomic mass is 10.1. The van der Waals surface area contributed by atoms with E-state index in [1.807, 2.05) is 49.4 Å². The van der Waals surface area contributed by atoms with Gasteiger partial charge in [-0.25, -0.2) is 17.8 Å². The van der Waals surface area contributed by atoms with Gasteiger partial charge in [-0.1, -0.05) is 60.2 Å². The van der Waals surface area contributed by atoms with Crippen molar-refractivity contribution in [2.75, 3.05) is 4.72 Å². The van der Waals surface area contributed by atoms with Crippen molar-refractivity contribution in [1.82, 2.24) is 14.8 Å². The molecule has 1 aromatic heterocycles. The number of hydrogen-bond acceptors (Lipinski definition) is 4. The lowest BCUT2D eigenvalue weighted by Crippen LogP contribution is -2.14. The second-order valence-corrected chi connectivity index (χ2v) is 8.05. The van der Waals surface area contributed by atoms with Crippen molar-refractivity contribution in [3.63, 3.8) is 0 Å². The number of anilines is 1. The smallest absolute Gasteiger partial charge is 0.246 e. The third-order valence-corrected chi connectivity index (χ3v) is 5.55. The van der Waals surface area contributed by atoms with Crippen LogP contribution in [-0.2, 0) is 16.6 Å². The van der Waals surface area contributed by atoms with Gasteiger partial charge in [-0.2, -0.15) is 4.98 Å². The van der Waals surface area contributed by atoms with Gasteiger partial charge in [-0.15, -0.1) is 5.10 Å². The van der Waals surface area contributed by atoms with Crippen molar-refractivity contribution in [2.24, 2.45) is 0 Å². The highest BCUT2D eigenvalue weighted by molar-refractivity contribution is 7.92. The summed E-state index contributed by atoms with van der Waals surface area (Å²) in [5.41, 5.74) is 2.23. The van der Waals surface area contributed by atoms with E-state index in [9.17, 15) is 8.42 Å². The summed E-state index contributed by atoms with van der Waals surface area (Å²) in [6.45, 7) is 2.54. The number of fused-ring (bicyclic) bond motifs is 1. The molecule has 3 aromatic carbocycles. The molecular formula is C20H18N4O2S. The van der Waals surface area contributed by atoms with Crippen LogP contribution in [0.2, 0.25) is 0 Å². The SMILES string of the molecule is Cc1cccc(Cn2cnc(NS(=O)(=O)c3ccc4ccccc4c3)n2)c1. The molecule has 0 saturated carbocycles. The van der Waals surface area contributed by atoms with Crippen molar-refractivity contribution in [3.05, 3.63) is 84.2 Å². The summed E-state index contributed by atoms with van der Waals surface area (Å²) in [7, 11) is -3.76. The average molecular weight is 378 g/mol. The Hall–Kier alpha value is -3.19. The van der Waals surface area contributed by atoms with Gasteiger partial charge >= 0.3 is 0 Å². The number of aryl methyl sites for hydroxylation is 1. The number of nitrogens with one attached hydrogen (secondary N) is 1. The molecule has 0 spiro atoms. The van der Waals surface area contributed by atoms with Crippen molar-refractivity contribution < 1.29 is 8.42 Å². The maximum absolute atomic E-state index is 12.7. The molecule has 4 aromatic rings. The van der Waals surface area contributed by atoms with E-state index in [4.69, 9.17) is 0 Å². The van der Waals surface area contributed by atoms with Crippen LogP contribution in [0.1, 0.15) is 11.1 Å². The second kappa shape index (κ2) is 6.85. The third kappa shape index (κ3) is 3.83. The average Bonchev–Trinajstić information content (AvgIpc) is 3.07. The van der Waals surface area contributed by atoms with Crippen LogP contribution in [0.5, 0.6) is 0 Å². The number of aromatic nitrogens is 3. The van der Waals surface area contributed by atoms with E-state index < -0.39 is 10.0 Å².